The van der Waals surface area contributed by atoms with E-state index < -0.39 is 0 Å². The van der Waals surface area contributed by atoms with E-state index >= 15 is 0 Å². The third-order valence-corrected chi connectivity index (χ3v) is 9.18. The van der Waals surface area contributed by atoms with Crippen molar-refractivity contribution in [3.8, 4) is 45.3 Å². The lowest BCUT2D eigenvalue weighted by atomic mass is 10.0. The van der Waals surface area contributed by atoms with Gasteiger partial charge >= 0.3 is 0 Å². The summed E-state index contributed by atoms with van der Waals surface area (Å²) in [6.45, 7) is 4.14. The van der Waals surface area contributed by atoms with Crippen molar-refractivity contribution in [3.05, 3.63) is 90.5 Å². The van der Waals surface area contributed by atoms with E-state index in [0.29, 0.717) is 17.0 Å². The quantitative estimate of drug-likeness (QED) is 0.197. The summed E-state index contributed by atoms with van der Waals surface area (Å²) < 4.78 is 24.1. The fraction of sp³-hybridized carbons (Fsp3) is 0.359. The van der Waals surface area contributed by atoms with Crippen molar-refractivity contribution >= 4 is 11.6 Å². The Morgan fingerprint density at radius 1 is 0.638 bits per heavy atom. The van der Waals surface area contributed by atoms with Crippen LogP contribution in [0.15, 0.2) is 84.9 Å². The first kappa shape index (κ1) is 32.4. The van der Waals surface area contributed by atoms with E-state index in [2.05, 4.69) is 47.4 Å². The Morgan fingerprint density at radius 3 is 1.98 bits per heavy atom. The van der Waals surface area contributed by atoms with Crippen molar-refractivity contribution in [1.82, 2.24) is 9.80 Å². The van der Waals surface area contributed by atoms with Crippen LogP contribution < -0.4 is 24.3 Å². The number of anilines is 1. The molecule has 0 unspecified atom stereocenters. The van der Waals surface area contributed by atoms with Gasteiger partial charge in [0.1, 0.15) is 35.2 Å². The highest BCUT2D eigenvalue weighted by molar-refractivity contribution is 6.05. The maximum Gasteiger partial charge on any atom is 0.255 e. The number of amides is 1. The minimum atomic E-state index is -0.203. The van der Waals surface area contributed by atoms with Gasteiger partial charge in [0, 0.05) is 54.6 Å². The van der Waals surface area contributed by atoms with Crippen molar-refractivity contribution in [1.29, 1.82) is 0 Å². The average Bonchev–Trinajstić information content (AvgIpc) is 3.10. The summed E-state index contributed by atoms with van der Waals surface area (Å²) in [5.41, 5.74) is 4.98. The van der Waals surface area contributed by atoms with Crippen molar-refractivity contribution in [2.45, 2.75) is 37.9 Å². The minimum Gasteiger partial charge on any atom is -0.497 e. The molecule has 6 rings (SSSR count). The van der Waals surface area contributed by atoms with Gasteiger partial charge in [-0.2, -0.15) is 0 Å². The van der Waals surface area contributed by atoms with Crippen LogP contribution in [0.3, 0.4) is 0 Å². The number of nitrogens with zero attached hydrogens (tertiary/aromatic N) is 2. The van der Waals surface area contributed by atoms with Crippen molar-refractivity contribution in [2.75, 3.05) is 59.8 Å². The van der Waals surface area contributed by atoms with Crippen molar-refractivity contribution in [3.63, 3.8) is 0 Å². The molecule has 8 nitrogen and oxygen atoms in total. The van der Waals surface area contributed by atoms with E-state index in [9.17, 15) is 4.79 Å². The Bertz CT molecular complexity index is 1660. The molecule has 2 aliphatic rings. The summed E-state index contributed by atoms with van der Waals surface area (Å²) in [5, 5.41) is 3.05. The van der Waals surface area contributed by atoms with Crippen LogP contribution >= 0.6 is 0 Å². The first-order chi connectivity index (χ1) is 22.9. The number of nitrogens with one attached hydrogen (secondary N) is 1. The molecule has 0 aliphatic carbocycles. The highest BCUT2D eigenvalue weighted by Gasteiger charge is 2.22. The maximum atomic E-state index is 13.4. The zero-order valence-corrected chi connectivity index (χ0v) is 27.8. The number of carbonyl (C=O) groups excluding carboxylic acids is 1. The predicted molar refractivity (Wildman–Crippen MR) is 187 cm³/mol. The lowest BCUT2D eigenvalue weighted by molar-refractivity contribution is 0.102. The molecule has 1 N–H and O–H groups in total. The molecule has 2 heterocycles. The van der Waals surface area contributed by atoms with Crippen molar-refractivity contribution in [2.24, 2.45) is 0 Å². The van der Waals surface area contributed by atoms with Crippen molar-refractivity contribution < 1.29 is 23.7 Å². The third-order valence-electron chi connectivity index (χ3n) is 9.18. The molecular weight excluding hydrogens is 590 g/mol. The van der Waals surface area contributed by atoms with Crippen LogP contribution in [-0.4, -0.2) is 82.4 Å². The van der Waals surface area contributed by atoms with Crippen LogP contribution in [0, 0.1) is 0 Å². The Kier molecular flexibility index (Phi) is 10.3. The molecule has 47 heavy (non-hydrogen) atoms. The Hall–Kier alpha value is -4.53. The lowest BCUT2D eigenvalue weighted by Crippen LogP contribution is -2.36. The smallest absolute Gasteiger partial charge is 0.255 e. The van der Waals surface area contributed by atoms with E-state index in [1.165, 1.54) is 0 Å². The predicted octanol–water partition coefficient (Wildman–Crippen LogP) is 7.24. The average molecular weight is 636 g/mol. The van der Waals surface area contributed by atoms with Gasteiger partial charge < -0.3 is 34.1 Å². The second kappa shape index (κ2) is 14.9. The van der Waals surface area contributed by atoms with Crippen LogP contribution in [0.4, 0.5) is 5.69 Å². The van der Waals surface area contributed by atoms with Gasteiger partial charge in [0.2, 0.25) is 0 Å². The fourth-order valence-electron chi connectivity index (χ4n) is 6.29. The molecule has 0 bridgehead atoms. The van der Waals surface area contributed by atoms with Gasteiger partial charge in [-0.05, 0) is 106 Å². The van der Waals surface area contributed by atoms with E-state index in [-0.39, 0.29) is 18.1 Å². The molecule has 2 fully saturated rings. The van der Waals surface area contributed by atoms with Crippen LogP contribution in [0.25, 0.3) is 22.3 Å². The largest absolute Gasteiger partial charge is 0.497 e. The number of carbonyl (C=O) groups is 1. The SMILES string of the molecule is COc1cccc(-c2cc(C(=O)Nc3ccc(-c4ccc(OC5CCN(C)CC5)cc4OC4CCN(C)CC4)cc3)ccc2OC)c1. The standard InChI is InChI=1S/C39H45N3O5/c1-41-20-16-31(17-21-41)46-34-13-14-35(38(26-34)47-32-18-22-42(2)23-19-32)27-8-11-30(12-9-27)40-39(43)29-10-15-37(45-4)36(25-29)28-6-5-7-33(24-28)44-3/h5-15,24-26,31-32H,16-23H2,1-4H3,(H,40,43). The molecule has 0 spiro atoms. The third kappa shape index (κ3) is 8.07. The summed E-state index contributed by atoms with van der Waals surface area (Å²) in [7, 11) is 7.58. The molecule has 4 aromatic carbocycles. The molecule has 0 radical (unpaired) electrons. The van der Waals surface area contributed by atoms with E-state index in [1.807, 2.05) is 60.7 Å². The molecule has 2 saturated heterocycles. The van der Waals surface area contributed by atoms with Crippen LogP contribution in [0.1, 0.15) is 36.0 Å². The summed E-state index contributed by atoms with van der Waals surface area (Å²) in [5.74, 6) is 2.90. The van der Waals surface area contributed by atoms with Gasteiger partial charge in [-0.15, -0.1) is 0 Å². The number of benzene rings is 4. The number of piperidine rings is 2. The van der Waals surface area contributed by atoms with E-state index in [4.69, 9.17) is 18.9 Å². The van der Waals surface area contributed by atoms with Crippen LogP contribution in [0.5, 0.6) is 23.0 Å². The lowest BCUT2D eigenvalue weighted by Gasteiger charge is -2.31. The molecule has 0 saturated carbocycles. The molecule has 0 atom stereocenters. The normalized spacial score (nSPS) is 16.4. The van der Waals surface area contributed by atoms with E-state index in [0.717, 1.165) is 91.4 Å². The zero-order valence-electron chi connectivity index (χ0n) is 27.8. The topological polar surface area (TPSA) is 72.5 Å². The first-order valence-electron chi connectivity index (χ1n) is 16.5. The van der Waals surface area contributed by atoms with Gasteiger partial charge in [-0.25, -0.2) is 0 Å². The van der Waals surface area contributed by atoms with Gasteiger partial charge in [-0.1, -0.05) is 24.3 Å². The van der Waals surface area contributed by atoms with Gasteiger partial charge in [-0.3, -0.25) is 4.79 Å². The highest BCUT2D eigenvalue weighted by atomic mass is 16.5. The van der Waals surface area contributed by atoms with Gasteiger partial charge in [0.05, 0.1) is 14.2 Å². The maximum absolute atomic E-state index is 13.4. The number of hydrogen-bond donors (Lipinski definition) is 1. The van der Waals surface area contributed by atoms with Crippen LogP contribution in [0.2, 0.25) is 0 Å². The van der Waals surface area contributed by atoms with E-state index in [1.54, 1.807) is 20.3 Å². The fourth-order valence-corrected chi connectivity index (χ4v) is 6.29. The molecule has 1 amide bonds. The number of hydrogen-bond acceptors (Lipinski definition) is 7. The number of rotatable bonds is 10. The van der Waals surface area contributed by atoms with Crippen LogP contribution in [-0.2, 0) is 0 Å². The molecule has 0 aromatic heterocycles. The molecule has 8 heteroatoms. The second-order valence-electron chi connectivity index (χ2n) is 12.6. The molecular formula is C39H45N3O5. The van der Waals surface area contributed by atoms with Gasteiger partial charge in [0.25, 0.3) is 5.91 Å². The monoisotopic (exact) mass is 635 g/mol. The number of ether oxygens (including phenoxy) is 4. The molecule has 2 aliphatic heterocycles. The Balaban J connectivity index is 1.20. The highest BCUT2D eigenvalue weighted by Crippen LogP contribution is 2.37. The minimum absolute atomic E-state index is 0.161. The Morgan fingerprint density at radius 2 is 1.32 bits per heavy atom. The number of likely N-dealkylation sites (tertiary alicyclic amines) is 2. The summed E-state index contributed by atoms with van der Waals surface area (Å²) >= 11 is 0. The number of methoxy groups -OCH3 is 2. The summed E-state index contributed by atoms with van der Waals surface area (Å²) in [4.78, 5) is 18.1. The zero-order chi connectivity index (χ0) is 32.8. The first-order valence-corrected chi connectivity index (χ1v) is 16.5. The Labute approximate surface area is 278 Å². The molecule has 4 aromatic rings. The second-order valence-corrected chi connectivity index (χ2v) is 12.6. The summed E-state index contributed by atoms with van der Waals surface area (Å²) in [6, 6.07) is 27.3. The molecule has 246 valence electrons. The summed E-state index contributed by atoms with van der Waals surface area (Å²) in [6.07, 6.45) is 4.41. The van der Waals surface area contributed by atoms with Gasteiger partial charge in [0.15, 0.2) is 0 Å².